The van der Waals surface area contributed by atoms with Gasteiger partial charge in [-0.2, -0.15) is 0 Å². The molecule has 1 heterocycles. The molecule has 13 heavy (non-hydrogen) atoms. The van der Waals surface area contributed by atoms with E-state index < -0.39 is 0 Å². The van der Waals surface area contributed by atoms with Gasteiger partial charge in [-0.1, -0.05) is 11.6 Å². The van der Waals surface area contributed by atoms with Crippen LogP contribution in [-0.4, -0.2) is 4.98 Å². The summed E-state index contributed by atoms with van der Waals surface area (Å²) < 4.78 is 0.967. The van der Waals surface area contributed by atoms with Crippen LogP contribution in [-0.2, 0) is 6.54 Å². The Kier molecular flexibility index (Phi) is 2.32. The summed E-state index contributed by atoms with van der Waals surface area (Å²) in [6, 6.07) is 3.78. The molecule has 4 heteroatoms. The molecule has 0 spiro atoms. The van der Waals surface area contributed by atoms with Crippen molar-refractivity contribution in [1.82, 2.24) is 4.98 Å². The molecular weight excluding hydrogens is 251 g/mol. The Morgan fingerprint density at radius 2 is 2.23 bits per heavy atom. The number of aromatic nitrogens is 1. The number of rotatable bonds is 1. The van der Waals surface area contributed by atoms with Crippen LogP contribution in [0.2, 0.25) is 5.02 Å². The van der Waals surface area contributed by atoms with Crippen LogP contribution in [0.3, 0.4) is 0 Å². The van der Waals surface area contributed by atoms with E-state index in [4.69, 9.17) is 17.3 Å². The molecule has 2 aromatic rings. The Morgan fingerprint density at radius 1 is 1.46 bits per heavy atom. The Morgan fingerprint density at radius 3 is 2.92 bits per heavy atom. The van der Waals surface area contributed by atoms with Crippen LogP contribution in [0.1, 0.15) is 5.56 Å². The average Bonchev–Trinajstić information content (AvgIpc) is 2.47. The van der Waals surface area contributed by atoms with E-state index in [-0.39, 0.29) is 0 Å². The van der Waals surface area contributed by atoms with Gasteiger partial charge < -0.3 is 10.7 Å². The van der Waals surface area contributed by atoms with Crippen molar-refractivity contribution in [3.05, 3.63) is 33.4 Å². The highest BCUT2D eigenvalue weighted by molar-refractivity contribution is 9.10. The fraction of sp³-hybridized carbons (Fsp3) is 0.111. The molecule has 0 aliphatic carbocycles. The quantitative estimate of drug-likeness (QED) is 0.812. The van der Waals surface area contributed by atoms with Gasteiger partial charge in [0, 0.05) is 27.6 Å². The van der Waals surface area contributed by atoms with Crippen LogP contribution in [0.4, 0.5) is 0 Å². The van der Waals surface area contributed by atoms with Crippen molar-refractivity contribution in [2.24, 2.45) is 5.73 Å². The van der Waals surface area contributed by atoms with Crippen LogP contribution < -0.4 is 5.73 Å². The van der Waals surface area contributed by atoms with Crippen molar-refractivity contribution in [1.29, 1.82) is 0 Å². The fourth-order valence-electron chi connectivity index (χ4n) is 1.38. The predicted molar refractivity (Wildman–Crippen MR) is 58.9 cm³/mol. The third-order valence-corrected chi connectivity index (χ3v) is 2.86. The highest BCUT2D eigenvalue weighted by Crippen LogP contribution is 2.29. The predicted octanol–water partition coefficient (Wildman–Crippen LogP) is 3.04. The first-order valence-electron chi connectivity index (χ1n) is 3.87. The lowest BCUT2D eigenvalue weighted by Gasteiger charge is -1.97. The first kappa shape index (κ1) is 9.06. The number of nitrogens with one attached hydrogen (secondary N) is 1. The van der Waals surface area contributed by atoms with E-state index in [1.165, 1.54) is 0 Å². The zero-order valence-corrected chi connectivity index (χ0v) is 9.11. The van der Waals surface area contributed by atoms with Gasteiger partial charge in [-0.3, -0.25) is 0 Å². The van der Waals surface area contributed by atoms with Crippen molar-refractivity contribution in [3.8, 4) is 0 Å². The van der Waals surface area contributed by atoms with Gasteiger partial charge in [-0.15, -0.1) is 0 Å². The summed E-state index contributed by atoms with van der Waals surface area (Å²) in [4.78, 5) is 3.15. The summed E-state index contributed by atoms with van der Waals surface area (Å²) in [5, 5.41) is 1.80. The molecule has 0 aliphatic rings. The minimum absolute atomic E-state index is 0.521. The van der Waals surface area contributed by atoms with Gasteiger partial charge in [0.15, 0.2) is 0 Å². The molecule has 0 saturated carbocycles. The summed E-state index contributed by atoms with van der Waals surface area (Å²) >= 11 is 9.36. The van der Waals surface area contributed by atoms with Gasteiger partial charge in [-0.25, -0.2) is 0 Å². The highest BCUT2D eigenvalue weighted by Gasteiger charge is 2.06. The summed E-state index contributed by atoms with van der Waals surface area (Å²) in [7, 11) is 0. The van der Waals surface area contributed by atoms with Crippen LogP contribution in [0, 0.1) is 0 Å². The second-order valence-corrected chi connectivity index (χ2v) is 4.12. The lowest BCUT2D eigenvalue weighted by atomic mass is 10.2. The fourth-order valence-corrected chi connectivity index (χ4v) is 2.30. The first-order valence-corrected chi connectivity index (χ1v) is 5.04. The van der Waals surface area contributed by atoms with Gasteiger partial charge >= 0.3 is 0 Å². The Bertz CT molecular complexity index is 450. The van der Waals surface area contributed by atoms with Gasteiger partial charge in [0.2, 0.25) is 0 Å². The summed E-state index contributed by atoms with van der Waals surface area (Å²) in [6.45, 7) is 0.521. The van der Waals surface area contributed by atoms with E-state index in [1.54, 1.807) is 0 Å². The SMILES string of the molecule is NCc1c[nH]c2c(Br)cc(Cl)cc12. The number of benzene rings is 1. The monoisotopic (exact) mass is 258 g/mol. The number of H-pyrrole nitrogens is 1. The van der Waals surface area contributed by atoms with E-state index in [9.17, 15) is 0 Å². The molecule has 0 bridgehead atoms. The molecule has 0 aliphatic heterocycles. The first-order chi connectivity index (χ1) is 6.22. The Hall–Kier alpha value is -0.510. The molecule has 0 amide bonds. The highest BCUT2D eigenvalue weighted by atomic mass is 79.9. The molecule has 0 atom stereocenters. The van der Waals surface area contributed by atoms with Crippen molar-refractivity contribution in [3.63, 3.8) is 0 Å². The Balaban J connectivity index is 2.82. The smallest absolute Gasteiger partial charge is 0.0602 e. The molecule has 0 fully saturated rings. The second-order valence-electron chi connectivity index (χ2n) is 2.83. The minimum Gasteiger partial charge on any atom is -0.360 e. The number of aromatic amines is 1. The second kappa shape index (κ2) is 3.33. The molecule has 1 aromatic carbocycles. The van der Waals surface area contributed by atoms with Crippen molar-refractivity contribution in [2.75, 3.05) is 0 Å². The summed E-state index contributed by atoms with van der Waals surface area (Å²) in [5.41, 5.74) is 7.71. The topological polar surface area (TPSA) is 41.8 Å². The Labute approximate surface area is 89.2 Å². The van der Waals surface area contributed by atoms with Crippen LogP contribution in [0.25, 0.3) is 10.9 Å². The van der Waals surface area contributed by atoms with Crippen molar-refractivity contribution < 1.29 is 0 Å². The van der Waals surface area contributed by atoms with Crippen LogP contribution >= 0.6 is 27.5 Å². The maximum atomic E-state index is 5.93. The molecule has 0 radical (unpaired) electrons. The maximum absolute atomic E-state index is 5.93. The molecule has 3 N–H and O–H groups in total. The largest absolute Gasteiger partial charge is 0.360 e. The third-order valence-electron chi connectivity index (χ3n) is 2.01. The van der Waals surface area contributed by atoms with Crippen molar-refractivity contribution in [2.45, 2.75) is 6.54 Å². The molecule has 0 unspecified atom stereocenters. The molecule has 0 saturated heterocycles. The number of halogens is 2. The van der Waals surface area contributed by atoms with Crippen LogP contribution in [0.15, 0.2) is 22.8 Å². The van der Waals surface area contributed by atoms with E-state index in [0.29, 0.717) is 11.6 Å². The molecule has 1 aromatic heterocycles. The number of hydrogen-bond donors (Lipinski definition) is 2. The zero-order valence-electron chi connectivity index (χ0n) is 6.77. The third kappa shape index (κ3) is 1.47. The molecule has 2 nitrogen and oxygen atoms in total. The number of fused-ring (bicyclic) bond motifs is 1. The molecule has 2 rings (SSSR count). The molecule has 68 valence electrons. The van der Waals surface area contributed by atoms with Gasteiger partial charge in [0.1, 0.15) is 0 Å². The lowest BCUT2D eigenvalue weighted by Crippen LogP contribution is -1.93. The van der Waals surface area contributed by atoms with Gasteiger partial charge in [0.05, 0.1) is 5.52 Å². The van der Waals surface area contributed by atoms with Crippen LogP contribution in [0.5, 0.6) is 0 Å². The van der Waals surface area contributed by atoms with E-state index in [0.717, 1.165) is 20.9 Å². The van der Waals surface area contributed by atoms with Gasteiger partial charge in [-0.05, 0) is 33.6 Å². The zero-order chi connectivity index (χ0) is 9.42. The normalized spacial score (nSPS) is 11.0. The van der Waals surface area contributed by atoms with Crippen molar-refractivity contribution >= 4 is 38.4 Å². The van der Waals surface area contributed by atoms with E-state index >= 15 is 0 Å². The summed E-state index contributed by atoms with van der Waals surface area (Å²) in [6.07, 6.45) is 1.91. The van der Waals surface area contributed by atoms with E-state index in [1.807, 2.05) is 18.3 Å². The summed E-state index contributed by atoms with van der Waals surface area (Å²) in [5.74, 6) is 0. The number of nitrogens with two attached hydrogens (primary N) is 1. The average molecular weight is 260 g/mol. The van der Waals surface area contributed by atoms with E-state index in [2.05, 4.69) is 20.9 Å². The number of hydrogen-bond acceptors (Lipinski definition) is 1. The standard InChI is InChI=1S/C9H8BrClN2/c10-8-2-6(11)1-7-5(3-12)4-13-9(7)8/h1-2,4,13H,3,12H2. The maximum Gasteiger partial charge on any atom is 0.0602 e. The molecular formula is C9H8BrClN2. The van der Waals surface area contributed by atoms with Gasteiger partial charge in [0.25, 0.3) is 0 Å². The lowest BCUT2D eigenvalue weighted by molar-refractivity contribution is 1.08. The minimum atomic E-state index is 0.521.